The van der Waals surface area contributed by atoms with Gasteiger partial charge >= 0.3 is 0 Å². The molecule has 3 rings (SSSR count). The normalized spacial score (nSPS) is 18.0. The molecule has 1 aliphatic heterocycles. The lowest BCUT2D eigenvalue weighted by molar-refractivity contribution is 0.0981. The second-order valence-electron chi connectivity index (χ2n) is 10.9. The zero-order chi connectivity index (χ0) is 26.9. The minimum Gasteiger partial charge on any atom is -0.501 e. The predicted molar refractivity (Wildman–Crippen MR) is 142 cm³/mol. The van der Waals surface area contributed by atoms with Crippen molar-refractivity contribution in [2.75, 3.05) is 23.8 Å². The molecule has 0 radical (unpaired) electrons. The molecule has 1 atom stereocenters. The number of nitrogen functional groups attached to an aromatic ring is 1. The molecule has 1 fully saturated rings. The standard InChI is InChI=1S/C26H37N5O4S/c1-8-35-13-12-18-14-19(24(32)30-36(33,34)21-11-9-10-20(27)28-21)23(29-22(18)25(3,4)5)31-16-17(2)15-26(31,6)7/h9-14,17H,8,15-16H2,1-7H3,(H2,27,28)(H,30,32)/b13-12+. The van der Waals surface area contributed by atoms with Gasteiger partial charge in [0.25, 0.3) is 15.9 Å². The van der Waals surface area contributed by atoms with Gasteiger partial charge in [-0.1, -0.05) is 33.8 Å². The Kier molecular flexibility index (Phi) is 7.69. The minimum atomic E-state index is -4.26. The number of hydrogen-bond donors (Lipinski definition) is 2. The number of amides is 1. The van der Waals surface area contributed by atoms with Crippen LogP contribution in [0.4, 0.5) is 11.6 Å². The fourth-order valence-corrected chi connectivity index (χ4v) is 5.55. The largest absolute Gasteiger partial charge is 0.501 e. The molecule has 3 heterocycles. The topological polar surface area (TPSA) is 128 Å². The zero-order valence-electron chi connectivity index (χ0n) is 22.1. The Labute approximate surface area is 214 Å². The quantitative estimate of drug-likeness (QED) is 0.528. The molecule has 2 aromatic heterocycles. The van der Waals surface area contributed by atoms with Gasteiger partial charge in [-0.15, -0.1) is 0 Å². The number of anilines is 2. The number of rotatable bonds is 7. The van der Waals surface area contributed by atoms with Gasteiger partial charge in [0.05, 0.1) is 24.1 Å². The maximum Gasteiger partial charge on any atom is 0.281 e. The number of ether oxygens (including phenoxy) is 1. The van der Waals surface area contributed by atoms with E-state index >= 15 is 0 Å². The van der Waals surface area contributed by atoms with E-state index in [2.05, 4.69) is 35.4 Å². The monoisotopic (exact) mass is 515 g/mol. The van der Waals surface area contributed by atoms with Crippen molar-refractivity contribution < 1.29 is 17.9 Å². The van der Waals surface area contributed by atoms with Crippen LogP contribution in [-0.2, 0) is 20.2 Å². The second-order valence-corrected chi connectivity index (χ2v) is 12.5. The van der Waals surface area contributed by atoms with Crippen LogP contribution < -0.4 is 15.4 Å². The summed E-state index contributed by atoms with van der Waals surface area (Å²) in [5, 5.41) is -0.330. The number of aromatic nitrogens is 2. The van der Waals surface area contributed by atoms with Crippen LogP contribution in [0.2, 0.25) is 0 Å². The van der Waals surface area contributed by atoms with Crippen LogP contribution in [0, 0.1) is 5.92 Å². The highest BCUT2D eigenvalue weighted by Gasteiger charge is 2.40. The average molecular weight is 516 g/mol. The molecule has 36 heavy (non-hydrogen) atoms. The van der Waals surface area contributed by atoms with Crippen molar-refractivity contribution in [3.05, 3.63) is 47.3 Å². The van der Waals surface area contributed by atoms with Gasteiger partial charge in [0.15, 0.2) is 5.03 Å². The maximum atomic E-state index is 13.6. The molecule has 1 saturated heterocycles. The summed E-state index contributed by atoms with van der Waals surface area (Å²) in [5.41, 5.74) is 6.66. The third-order valence-corrected chi connectivity index (χ3v) is 7.31. The van der Waals surface area contributed by atoms with Crippen molar-refractivity contribution in [2.45, 2.75) is 70.9 Å². The van der Waals surface area contributed by atoms with Gasteiger partial charge in [-0.3, -0.25) is 4.79 Å². The van der Waals surface area contributed by atoms with Gasteiger partial charge < -0.3 is 15.4 Å². The Bertz CT molecular complexity index is 1270. The summed E-state index contributed by atoms with van der Waals surface area (Å²) in [5.74, 6) is 0.0894. The number of carbonyl (C=O) groups is 1. The molecule has 1 aliphatic rings. The summed E-state index contributed by atoms with van der Waals surface area (Å²) < 4.78 is 33.5. The molecule has 2 aromatic rings. The number of nitrogens with two attached hydrogens (primary N) is 1. The summed E-state index contributed by atoms with van der Waals surface area (Å²) in [6, 6.07) is 5.92. The van der Waals surface area contributed by atoms with Crippen molar-refractivity contribution in [2.24, 2.45) is 5.92 Å². The maximum absolute atomic E-state index is 13.6. The van der Waals surface area contributed by atoms with Gasteiger partial charge in [-0.2, -0.15) is 8.42 Å². The first-order chi connectivity index (χ1) is 16.7. The summed E-state index contributed by atoms with van der Waals surface area (Å²) in [4.78, 5) is 24.5. The first-order valence-electron chi connectivity index (χ1n) is 12.1. The molecule has 0 bridgehead atoms. The molecular formula is C26H37N5O4S. The highest BCUT2D eigenvalue weighted by molar-refractivity contribution is 7.90. The van der Waals surface area contributed by atoms with Gasteiger partial charge in [0, 0.05) is 23.1 Å². The van der Waals surface area contributed by atoms with Crippen LogP contribution in [0.5, 0.6) is 0 Å². The first kappa shape index (κ1) is 27.4. The second kappa shape index (κ2) is 10.1. The molecule has 196 valence electrons. The van der Waals surface area contributed by atoms with Crippen molar-refractivity contribution in [1.82, 2.24) is 14.7 Å². The minimum absolute atomic E-state index is 0.0401. The Morgan fingerprint density at radius 2 is 2.00 bits per heavy atom. The van der Waals surface area contributed by atoms with Gasteiger partial charge in [0.1, 0.15) is 11.6 Å². The number of sulfonamides is 1. The van der Waals surface area contributed by atoms with Gasteiger partial charge in [0.2, 0.25) is 0 Å². The molecule has 1 amide bonds. The third kappa shape index (κ3) is 5.98. The van der Waals surface area contributed by atoms with E-state index in [4.69, 9.17) is 15.5 Å². The van der Waals surface area contributed by atoms with E-state index in [9.17, 15) is 13.2 Å². The lowest BCUT2D eigenvalue weighted by Gasteiger charge is -2.35. The van der Waals surface area contributed by atoms with E-state index in [1.165, 1.54) is 18.2 Å². The molecule has 0 aliphatic carbocycles. The van der Waals surface area contributed by atoms with Crippen molar-refractivity contribution in [3.63, 3.8) is 0 Å². The van der Waals surface area contributed by atoms with Gasteiger partial charge in [-0.05, 0) is 57.4 Å². The molecule has 0 aromatic carbocycles. The SMILES string of the molecule is CCO/C=C/c1cc(C(=O)NS(=O)(=O)c2cccc(N)n2)c(N2CC(C)CC2(C)C)nc1C(C)(C)C. The number of pyridine rings is 2. The zero-order valence-corrected chi connectivity index (χ0v) is 22.9. The van der Waals surface area contributed by atoms with E-state index in [1.807, 2.05) is 27.7 Å². The van der Waals surface area contributed by atoms with Crippen LogP contribution in [0.15, 0.2) is 35.6 Å². The lowest BCUT2D eigenvalue weighted by Crippen LogP contribution is -2.41. The molecule has 0 saturated carbocycles. The van der Waals surface area contributed by atoms with Crippen LogP contribution in [0.3, 0.4) is 0 Å². The predicted octanol–water partition coefficient (Wildman–Crippen LogP) is 4.11. The Morgan fingerprint density at radius 3 is 2.56 bits per heavy atom. The highest BCUT2D eigenvalue weighted by Crippen LogP contribution is 2.39. The fourth-order valence-electron chi connectivity index (χ4n) is 4.61. The smallest absolute Gasteiger partial charge is 0.281 e. The van der Waals surface area contributed by atoms with Crippen LogP contribution >= 0.6 is 0 Å². The summed E-state index contributed by atoms with van der Waals surface area (Å²) in [7, 11) is -4.26. The molecule has 9 nitrogen and oxygen atoms in total. The Hall–Kier alpha value is -3.14. The molecule has 3 N–H and O–H groups in total. The summed E-state index contributed by atoms with van der Waals surface area (Å²) in [6.07, 6.45) is 4.23. The van der Waals surface area contributed by atoms with E-state index in [0.29, 0.717) is 30.5 Å². The Morgan fingerprint density at radius 1 is 1.31 bits per heavy atom. The van der Waals surface area contributed by atoms with Crippen LogP contribution in [0.25, 0.3) is 6.08 Å². The average Bonchev–Trinajstić information content (AvgIpc) is 3.04. The first-order valence-corrected chi connectivity index (χ1v) is 13.5. The third-order valence-electron chi connectivity index (χ3n) is 6.07. The number of carbonyl (C=O) groups excluding carboxylic acids is 1. The summed E-state index contributed by atoms with van der Waals surface area (Å²) in [6.45, 7) is 15.6. The molecule has 1 unspecified atom stereocenters. The van der Waals surface area contributed by atoms with Gasteiger partial charge in [-0.25, -0.2) is 14.7 Å². The van der Waals surface area contributed by atoms with E-state index < -0.39 is 15.9 Å². The number of hydrogen-bond acceptors (Lipinski definition) is 8. The number of nitrogens with one attached hydrogen (secondary N) is 1. The van der Waals surface area contributed by atoms with Crippen molar-refractivity contribution >= 4 is 33.6 Å². The number of nitrogens with zero attached hydrogens (tertiary/aromatic N) is 3. The molecular weight excluding hydrogens is 478 g/mol. The molecule has 10 heteroatoms. The fraction of sp³-hybridized carbons (Fsp3) is 0.500. The lowest BCUT2D eigenvalue weighted by atomic mass is 9.87. The van der Waals surface area contributed by atoms with Crippen molar-refractivity contribution in [3.8, 4) is 0 Å². The Balaban J connectivity index is 2.18. The van der Waals surface area contributed by atoms with E-state index in [0.717, 1.165) is 12.1 Å². The van der Waals surface area contributed by atoms with Crippen LogP contribution in [0.1, 0.15) is 76.5 Å². The molecule has 0 spiro atoms. The van der Waals surface area contributed by atoms with E-state index in [-0.39, 0.29) is 27.4 Å². The summed E-state index contributed by atoms with van der Waals surface area (Å²) >= 11 is 0. The highest BCUT2D eigenvalue weighted by atomic mass is 32.2. The van der Waals surface area contributed by atoms with Crippen molar-refractivity contribution in [1.29, 1.82) is 0 Å². The van der Waals surface area contributed by atoms with Crippen LogP contribution in [-0.4, -0.2) is 43.0 Å². The van der Waals surface area contributed by atoms with E-state index in [1.54, 1.807) is 18.4 Å².